The molecule has 0 bridgehead atoms. The van der Waals surface area contributed by atoms with E-state index in [4.69, 9.17) is 0 Å². The van der Waals surface area contributed by atoms with Crippen molar-refractivity contribution in [3.8, 4) is 0 Å². The number of nitrogens with zero attached hydrogens (tertiary/aromatic N) is 2. The normalized spacial score (nSPS) is 17.3. The fourth-order valence-electron chi connectivity index (χ4n) is 3.04. The Morgan fingerprint density at radius 1 is 1.30 bits per heavy atom. The summed E-state index contributed by atoms with van der Waals surface area (Å²) in [7, 11) is 0. The van der Waals surface area contributed by atoms with E-state index >= 15 is 0 Å². The first kappa shape index (κ1) is 16.6. The van der Waals surface area contributed by atoms with E-state index in [1.54, 1.807) is 22.7 Å². The molecule has 2 aromatic heterocycles. The topological polar surface area (TPSA) is 54.9 Å². The summed E-state index contributed by atoms with van der Waals surface area (Å²) < 4.78 is 0. The molecule has 0 spiro atoms. The number of hydrogen-bond acceptors (Lipinski definition) is 5. The van der Waals surface area contributed by atoms with Gasteiger partial charge in [0.25, 0.3) is 0 Å². The molecular weight excluding hydrogens is 326 g/mol. The highest BCUT2D eigenvalue weighted by Gasteiger charge is 2.39. The predicted octanol–water partition coefficient (Wildman–Crippen LogP) is 4.03. The summed E-state index contributed by atoms with van der Waals surface area (Å²) >= 11 is 3.27. The molecule has 0 atom stereocenters. The minimum absolute atomic E-state index is 0.0347. The van der Waals surface area contributed by atoms with Gasteiger partial charge < -0.3 is 5.32 Å². The van der Waals surface area contributed by atoms with E-state index in [9.17, 15) is 4.79 Å². The minimum Gasteiger partial charge on any atom is -0.344 e. The molecule has 1 N–H and O–H groups in total. The fraction of sp³-hybridized carbons (Fsp3) is 0.588. The van der Waals surface area contributed by atoms with Gasteiger partial charge in [0.1, 0.15) is 5.01 Å². The molecule has 0 saturated heterocycles. The van der Waals surface area contributed by atoms with Crippen molar-refractivity contribution < 1.29 is 4.79 Å². The highest BCUT2D eigenvalue weighted by Crippen LogP contribution is 2.39. The maximum atomic E-state index is 12.6. The fourth-order valence-corrected chi connectivity index (χ4v) is 4.80. The Labute approximate surface area is 145 Å². The zero-order chi connectivity index (χ0) is 16.5. The molecule has 23 heavy (non-hydrogen) atoms. The summed E-state index contributed by atoms with van der Waals surface area (Å²) in [5, 5.41) is 9.37. The minimum atomic E-state index is -0.256. The Balaban J connectivity index is 1.70. The van der Waals surface area contributed by atoms with Gasteiger partial charge in [-0.25, -0.2) is 9.97 Å². The quantitative estimate of drug-likeness (QED) is 0.907. The Morgan fingerprint density at radius 2 is 2.04 bits per heavy atom. The van der Waals surface area contributed by atoms with Crippen molar-refractivity contribution in [2.24, 2.45) is 0 Å². The van der Waals surface area contributed by atoms with Crippen molar-refractivity contribution in [1.29, 1.82) is 0 Å². The molecule has 1 aliphatic carbocycles. The number of carbonyl (C=O) groups excluding carboxylic acids is 1. The van der Waals surface area contributed by atoms with Crippen LogP contribution >= 0.6 is 22.7 Å². The number of amides is 1. The maximum absolute atomic E-state index is 12.6. The Hall–Kier alpha value is -1.27. The molecule has 0 radical (unpaired) electrons. The van der Waals surface area contributed by atoms with E-state index in [1.807, 2.05) is 17.0 Å². The summed E-state index contributed by atoms with van der Waals surface area (Å²) in [6.45, 7) is 6.43. The molecule has 4 nitrogen and oxygen atoms in total. The summed E-state index contributed by atoms with van der Waals surface area (Å²) in [5.41, 5.74) is 0.644. The number of aromatic nitrogens is 2. The van der Waals surface area contributed by atoms with E-state index in [-0.39, 0.29) is 16.9 Å². The Kier molecular flexibility index (Phi) is 4.56. The third-order valence-electron chi connectivity index (χ3n) is 4.21. The van der Waals surface area contributed by atoms with Gasteiger partial charge in [0.2, 0.25) is 5.91 Å². The largest absolute Gasteiger partial charge is 0.344 e. The van der Waals surface area contributed by atoms with Gasteiger partial charge in [-0.15, -0.1) is 22.7 Å². The van der Waals surface area contributed by atoms with Crippen molar-refractivity contribution in [2.75, 3.05) is 0 Å². The lowest BCUT2D eigenvalue weighted by Crippen LogP contribution is -2.44. The van der Waals surface area contributed by atoms with Crippen molar-refractivity contribution in [2.45, 2.75) is 63.8 Å². The lowest BCUT2D eigenvalue weighted by atomic mass is 9.98. The molecule has 2 aromatic rings. The molecule has 0 aliphatic heterocycles. The number of thiazole rings is 2. The molecule has 2 heterocycles. The van der Waals surface area contributed by atoms with Crippen LogP contribution in [0, 0.1) is 0 Å². The molecule has 124 valence electrons. The second kappa shape index (κ2) is 6.32. The highest BCUT2D eigenvalue weighted by atomic mass is 32.1. The molecule has 3 rings (SSSR count). The van der Waals surface area contributed by atoms with Gasteiger partial charge >= 0.3 is 0 Å². The van der Waals surface area contributed by atoms with Crippen LogP contribution in [0.1, 0.15) is 62.2 Å². The number of carbonyl (C=O) groups is 1. The third kappa shape index (κ3) is 3.63. The lowest BCUT2D eigenvalue weighted by molar-refractivity contribution is -0.122. The molecule has 0 unspecified atom stereocenters. The van der Waals surface area contributed by atoms with Gasteiger partial charge in [0, 0.05) is 22.4 Å². The van der Waals surface area contributed by atoms with E-state index in [0.29, 0.717) is 6.42 Å². The molecule has 1 aliphatic rings. The number of rotatable bonds is 4. The number of nitrogens with one attached hydrogen (secondary N) is 1. The standard InChI is InChI=1S/C17H23N3OS2/c1-16(2,3)14-19-12(11-23-14)10-13(21)20-17(6-4-5-7-17)15-18-8-9-22-15/h8-9,11H,4-7,10H2,1-3H3,(H,20,21). The van der Waals surface area contributed by atoms with E-state index in [2.05, 4.69) is 36.1 Å². The Bertz CT molecular complexity index is 664. The first-order chi connectivity index (χ1) is 10.9. The zero-order valence-corrected chi connectivity index (χ0v) is 15.5. The molecule has 6 heteroatoms. The van der Waals surface area contributed by atoms with Crippen LogP contribution in [-0.4, -0.2) is 15.9 Å². The summed E-state index contributed by atoms with van der Waals surface area (Å²) in [6, 6.07) is 0. The Morgan fingerprint density at radius 3 is 2.61 bits per heavy atom. The van der Waals surface area contributed by atoms with Crippen molar-refractivity contribution in [3.05, 3.63) is 32.7 Å². The monoisotopic (exact) mass is 349 g/mol. The van der Waals surface area contributed by atoms with Crippen molar-refractivity contribution in [1.82, 2.24) is 15.3 Å². The van der Waals surface area contributed by atoms with E-state index < -0.39 is 0 Å². The lowest BCUT2D eigenvalue weighted by Gasteiger charge is -2.28. The van der Waals surface area contributed by atoms with Crippen LogP contribution in [0.5, 0.6) is 0 Å². The zero-order valence-electron chi connectivity index (χ0n) is 13.9. The van der Waals surface area contributed by atoms with Crippen LogP contribution in [0.25, 0.3) is 0 Å². The number of hydrogen-bond donors (Lipinski definition) is 1. The van der Waals surface area contributed by atoms with Crippen LogP contribution in [0.4, 0.5) is 0 Å². The SMILES string of the molecule is CC(C)(C)c1nc(CC(=O)NC2(c3nccs3)CCCC2)cs1. The van der Waals surface area contributed by atoms with E-state index in [1.165, 1.54) is 0 Å². The van der Waals surface area contributed by atoms with Crippen LogP contribution in [0.15, 0.2) is 17.0 Å². The van der Waals surface area contributed by atoms with Crippen molar-refractivity contribution in [3.63, 3.8) is 0 Å². The maximum Gasteiger partial charge on any atom is 0.226 e. The molecule has 1 saturated carbocycles. The molecule has 1 amide bonds. The van der Waals surface area contributed by atoms with Crippen LogP contribution in [-0.2, 0) is 22.2 Å². The first-order valence-corrected chi connectivity index (χ1v) is 9.81. The average Bonchev–Trinajstić information content (AvgIpc) is 3.19. The second-order valence-electron chi connectivity index (χ2n) is 7.25. The van der Waals surface area contributed by atoms with Gasteiger partial charge in [-0.1, -0.05) is 33.6 Å². The summed E-state index contributed by atoms with van der Waals surface area (Å²) in [5.74, 6) is 0.0489. The van der Waals surface area contributed by atoms with Crippen molar-refractivity contribution >= 4 is 28.6 Å². The average molecular weight is 350 g/mol. The molecule has 1 fully saturated rings. The smallest absolute Gasteiger partial charge is 0.226 e. The summed E-state index contributed by atoms with van der Waals surface area (Å²) in [4.78, 5) is 21.6. The van der Waals surface area contributed by atoms with Crippen LogP contribution in [0.2, 0.25) is 0 Å². The van der Waals surface area contributed by atoms with Gasteiger partial charge in [-0.05, 0) is 12.8 Å². The van der Waals surface area contributed by atoms with Gasteiger partial charge in [0.05, 0.1) is 22.7 Å². The second-order valence-corrected chi connectivity index (χ2v) is 9.00. The van der Waals surface area contributed by atoms with Gasteiger partial charge in [-0.2, -0.15) is 0 Å². The molecule has 0 aromatic carbocycles. The van der Waals surface area contributed by atoms with Crippen LogP contribution < -0.4 is 5.32 Å². The highest BCUT2D eigenvalue weighted by molar-refractivity contribution is 7.10. The van der Waals surface area contributed by atoms with Gasteiger partial charge in [0.15, 0.2) is 0 Å². The van der Waals surface area contributed by atoms with E-state index in [0.717, 1.165) is 41.4 Å². The molecular formula is C17H23N3OS2. The predicted molar refractivity (Wildman–Crippen MR) is 94.9 cm³/mol. The summed E-state index contributed by atoms with van der Waals surface area (Å²) in [6.07, 6.45) is 6.42. The van der Waals surface area contributed by atoms with Crippen LogP contribution in [0.3, 0.4) is 0 Å². The first-order valence-electron chi connectivity index (χ1n) is 8.05. The third-order valence-corrected chi connectivity index (χ3v) is 6.51. The van der Waals surface area contributed by atoms with Gasteiger partial charge in [-0.3, -0.25) is 4.79 Å².